The standard InChI is InChI=1S/C31H42N6O11S2/c1-30(2,3)48-29(41)32-22-15-18-35(50(46,47)25-12-5-4-10-23(25)37(42)43)16-7-6-9-20-19-31(20,28(40)34-49(44,45)21-13-14-21)33-26(38)24-11-8-17-36(24)27(22)39/h4-6,9-10,12,20-22,24H,7-8,11,13-19H2,1-3H3,(H,32,41)(H,33,38)(H,34,40). The van der Waals surface area contributed by atoms with Crippen molar-refractivity contribution in [1.29, 1.82) is 0 Å². The highest BCUT2D eigenvalue weighted by molar-refractivity contribution is 7.91. The van der Waals surface area contributed by atoms with E-state index < -0.39 is 93.8 Å². The van der Waals surface area contributed by atoms with Crippen LogP contribution < -0.4 is 15.4 Å². The van der Waals surface area contributed by atoms with E-state index in [-0.39, 0.29) is 45.3 Å². The van der Waals surface area contributed by atoms with E-state index in [1.165, 1.54) is 17.0 Å². The number of fused-ring (bicyclic) bond motifs is 2. The Bertz CT molecular complexity index is 1810. The predicted octanol–water partition coefficient (Wildman–Crippen LogP) is 1.30. The molecule has 3 fully saturated rings. The van der Waals surface area contributed by atoms with Gasteiger partial charge >= 0.3 is 6.09 Å². The third-order valence-electron chi connectivity index (χ3n) is 9.05. The van der Waals surface area contributed by atoms with Crippen molar-refractivity contribution in [2.75, 3.05) is 19.6 Å². The molecule has 2 aliphatic heterocycles. The molecule has 4 atom stereocenters. The Kier molecular flexibility index (Phi) is 10.3. The zero-order valence-electron chi connectivity index (χ0n) is 28.0. The number of nitro groups is 1. The Hall–Kier alpha value is -4.10. The SMILES string of the molecule is CC(C)(C)OC(=O)NC1CCN(S(=O)(=O)c2ccccc2[N+](=O)[O-])CCC=CC2CC2(C(=O)NS(=O)(=O)C2CC2)NC(=O)C2CCCN2C1=O. The van der Waals surface area contributed by atoms with Crippen molar-refractivity contribution >= 4 is 49.5 Å². The zero-order chi connectivity index (χ0) is 36.6. The molecule has 1 aromatic carbocycles. The zero-order valence-corrected chi connectivity index (χ0v) is 29.6. The van der Waals surface area contributed by atoms with E-state index in [4.69, 9.17) is 4.74 Å². The molecule has 0 aromatic heterocycles. The Morgan fingerprint density at radius 1 is 1.04 bits per heavy atom. The highest BCUT2D eigenvalue weighted by atomic mass is 32.2. The lowest BCUT2D eigenvalue weighted by Gasteiger charge is -2.31. The molecule has 19 heteroatoms. The highest BCUT2D eigenvalue weighted by Gasteiger charge is 2.62. The Balaban J connectivity index is 1.51. The summed E-state index contributed by atoms with van der Waals surface area (Å²) in [6.45, 7) is 4.40. The molecule has 0 spiro atoms. The molecular formula is C31H42N6O11S2. The van der Waals surface area contributed by atoms with Gasteiger partial charge in [-0.25, -0.2) is 21.6 Å². The molecule has 274 valence electrons. The number of nitrogens with one attached hydrogen (secondary N) is 3. The molecule has 2 aliphatic carbocycles. The van der Waals surface area contributed by atoms with Crippen LogP contribution in [-0.4, -0.2) is 103 Å². The molecule has 1 aromatic rings. The predicted molar refractivity (Wildman–Crippen MR) is 177 cm³/mol. The smallest absolute Gasteiger partial charge is 0.408 e. The molecular weight excluding hydrogens is 697 g/mol. The first-order chi connectivity index (χ1) is 23.4. The molecule has 0 radical (unpaired) electrons. The molecule has 2 heterocycles. The average Bonchev–Trinajstić information content (AvgIpc) is 3.94. The summed E-state index contributed by atoms with van der Waals surface area (Å²) in [6.07, 6.45) is 3.50. The van der Waals surface area contributed by atoms with Crippen LogP contribution in [0.25, 0.3) is 0 Å². The van der Waals surface area contributed by atoms with Crippen LogP contribution in [0.15, 0.2) is 41.3 Å². The van der Waals surface area contributed by atoms with Crippen molar-refractivity contribution in [2.45, 2.75) is 99.1 Å². The van der Waals surface area contributed by atoms with Crippen LogP contribution in [0.4, 0.5) is 10.5 Å². The van der Waals surface area contributed by atoms with Crippen LogP contribution in [0.5, 0.6) is 0 Å². The monoisotopic (exact) mass is 738 g/mol. The summed E-state index contributed by atoms with van der Waals surface area (Å²) in [5, 5.41) is 16.3. The fourth-order valence-electron chi connectivity index (χ4n) is 6.25. The number of amides is 4. The van der Waals surface area contributed by atoms with Gasteiger partial charge in [0.25, 0.3) is 11.6 Å². The van der Waals surface area contributed by atoms with Gasteiger partial charge in [-0.3, -0.25) is 29.2 Å². The quantitative estimate of drug-likeness (QED) is 0.205. The average molecular weight is 739 g/mol. The number of nitrogens with zero attached hydrogens (tertiary/aromatic N) is 3. The van der Waals surface area contributed by atoms with Gasteiger partial charge in [0.05, 0.1) is 10.2 Å². The molecule has 4 aliphatic rings. The van der Waals surface area contributed by atoms with Gasteiger partial charge in [0.15, 0.2) is 4.90 Å². The molecule has 4 amide bonds. The molecule has 17 nitrogen and oxygen atoms in total. The van der Waals surface area contributed by atoms with Crippen molar-refractivity contribution < 1.29 is 45.7 Å². The lowest BCUT2D eigenvalue weighted by atomic mass is 10.1. The van der Waals surface area contributed by atoms with E-state index in [0.717, 1.165) is 16.4 Å². The van der Waals surface area contributed by atoms with Crippen LogP contribution >= 0.6 is 0 Å². The van der Waals surface area contributed by atoms with Gasteiger partial charge in [0.1, 0.15) is 23.2 Å². The molecule has 4 unspecified atom stereocenters. The molecule has 5 rings (SSSR count). The number of hydrogen-bond acceptors (Lipinski definition) is 11. The van der Waals surface area contributed by atoms with Crippen LogP contribution in [-0.2, 0) is 39.2 Å². The Labute approximate surface area is 290 Å². The van der Waals surface area contributed by atoms with Crippen molar-refractivity contribution in [3.05, 3.63) is 46.5 Å². The minimum absolute atomic E-state index is 0.0508. The first-order valence-corrected chi connectivity index (χ1v) is 19.4. The number of carbonyl (C=O) groups is 4. The molecule has 0 bridgehead atoms. The van der Waals surface area contributed by atoms with Gasteiger partial charge < -0.3 is 20.3 Å². The number of ether oxygens (including phenoxy) is 1. The number of alkyl carbamates (subject to hydrolysis) is 1. The molecule has 50 heavy (non-hydrogen) atoms. The largest absolute Gasteiger partial charge is 0.444 e. The van der Waals surface area contributed by atoms with E-state index in [1.807, 2.05) is 0 Å². The van der Waals surface area contributed by atoms with Crippen molar-refractivity contribution in [1.82, 2.24) is 24.6 Å². The lowest BCUT2D eigenvalue weighted by Crippen LogP contribution is -2.58. The number of hydrogen-bond donors (Lipinski definition) is 3. The van der Waals surface area contributed by atoms with Crippen molar-refractivity contribution in [3.8, 4) is 0 Å². The van der Waals surface area contributed by atoms with E-state index >= 15 is 0 Å². The fourth-order valence-corrected chi connectivity index (χ4v) is 9.24. The van der Waals surface area contributed by atoms with E-state index in [9.17, 15) is 46.1 Å². The summed E-state index contributed by atoms with van der Waals surface area (Å²) in [4.78, 5) is 65.9. The first kappa shape index (κ1) is 37.2. The number of sulfonamides is 2. The minimum Gasteiger partial charge on any atom is -0.444 e. The van der Waals surface area contributed by atoms with Crippen LogP contribution in [0, 0.1) is 16.0 Å². The second-order valence-electron chi connectivity index (χ2n) is 14.0. The number of nitro benzene ring substituents is 1. The number of carbonyl (C=O) groups excluding carboxylic acids is 4. The molecule has 3 N–H and O–H groups in total. The number of benzene rings is 1. The Morgan fingerprint density at radius 2 is 1.74 bits per heavy atom. The summed E-state index contributed by atoms with van der Waals surface area (Å²) in [7, 11) is -8.50. The summed E-state index contributed by atoms with van der Waals surface area (Å²) in [5.41, 5.74) is -3.21. The van der Waals surface area contributed by atoms with Gasteiger partial charge in [0, 0.05) is 31.6 Å². The van der Waals surface area contributed by atoms with Crippen molar-refractivity contribution in [3.63, 3.8) is 0 Å². The second kappa shape index (κ2) is 13.9. The summed E-state index contributed by atoms with van der Waals surface area (Å²) < 4.78 is 61.7. The maximum atomic E-state index is 14.1. The normalized spacial score (nSPS) is 26.8. The number of para-hydroxylation sites is 1. The summed E-state index contributed by atoms with van der Waals surface area (Å²) in [5.74, 6) is -2.92. The van der Waals surface area contributed by atoms with Crippen molar-refractivity contribution in [2.24, 2.45) is 5.92 Å². The number of rotatable bonds is 7. The summed E-state index contributed by atoms with van der Waals surface area (Å²) >= 11 is 0. The Morgan fingerprint density at radius 3 is 2.40 bits per heavy atom. The fraction of sp³-hybridized carbons (Fsp3) is 0.613. The molecule has 2 saturated carbocycles. The van der Waals surface area contributed by atoms with E-state index in [0.29, 0.717) is 19.3 Å². The van der Waals surface area contributed by atoms with Gasteiger partial charge in [-0.2, -0.15) is 4.31 Å². The van der Waals surface area contributed by atoms with Crippen LogP contribution in [0.2, 0.25) is 0 Å². The third-order valence-corrected chi connectivity index (χ3v) is 12.8. The van der Waals surface area contributed by atoms with E-state index in [1.54, 1.807) is 32.9 Å². The topological polar surface area (TPSA) is 232 Å². The van der Waals surface area contributed by atoms with Gasteiger partial charge in [-0.05, 0) is 71.8 Å². The van der Waals surface area contributed by atoms with Gasteiger partial charge in [-0.15, -0.1) is 0 Å². The maximum absolute atomic E-state index is 14.1. The van der Waals surface area contributed by atoms with Crippen LogP contribution in [0.1, 0.15) is 65.7 Å². The lowest BCUT2D eigenvalue weighted by molar-refractivity contribution is -0.387. The third kappa shape index (κ3) is 8.10. The molecule has 1 saturated heterocycles. The van der Waals surface area contributed by atoms with Gasteiger partial charge in [0.2, 0.25) is 31.9 Å². The first-order valence-electron chi connectivity index (χ1n) is 16.4. The maximum Gasteiger partial charge on any atom is 0.408 e. The highest BCUT2D eigenvalue weighted by Crippen LogP contribution is 2.46. The summed E-state index contributed by atoms with van der Waals surface area (Å²) in [6, 6.07) is 2.41. The van der Waals surface area contributed by atoms with Gasteiger partial charge in [-0.1, -0.05) is 24.3 Å². The van der Waals surface area contributed by atoms with Crippen LogP contribution in [0.3, 0.4) is 0 Å². The minimum atomic E-state index is -4.53. The van der Waals surface area contributed by atoms with E-state index in [2.05, 4.69) is 15.4 Å². The second-order valence-corrected chi connectivity index (χ2v) is 17.8.